The lowest BCUT2D eigenvalue weighted by Gasteiger charge is -2.24. The molecule has 3 rings (SSSR count). The van der Waals surface area contributed by atoms with Crippen molar-refractivity contribution in [3.05, 3.63) is 60.2 Å². The standard InChI is InChI=1S/C18H18N2O3/c1-13(14-8-10-16(23-2)11-9-14)19-12-17(21)20(18(19)22)15-6-4-3-5-7-15/h3-11,13H,12H2,1-2H3. The molecular weight excluding hydrogens is 292 g/mol. The summed E-state index contributed by atoms with van der Waals surface area (Å²) in [5.74, 6) is 0.553. The van der Waals surface area contributed by atoms with Crippen molar-refractivity contribution < 1.29 is 14.3 Å². The molecule has 0 N–H and O–H groups in total. The van der Waals surface area contributed by atoms with Gasteiger partial charge in [-0.15, -0.1) is 0 Å². The van der Waals surface area contributed by atoms with E-state index in [4.69, 9.17) is 4.74 Å². The first kappa shape index (κ1) is 15.1. The molecule has 0 aromatic heterocycles. The van der Waals surface area contributed by atoms with Gasteiger partial charge in [0.2, 0.25) is 0 Å². The van der Waals surface area contributed by atoms with Crippen LogP contribution in [-0.2, 0) is 4.79 Å². The number of imide groups is 1. The highest BCUT2D eigenvalue weighted by molar-refractivity contribution is 6.19. The monoisotopic (exact) mass is 310 g/mol. The Bertz CT molecular complexity index is 713. The zero-order chi connectivity index (χ0) is 16.4. The Morgan fingerprint density at radius 2 is 1.65 bits per heavy atom. The first-order chi connectivity index (χ1) is 11.1. The third-order valence-corrected chi connectivity index (χ3v) is 4.07. The van der Waals surface area contributed by atoms with Crippen molar-refractivity contribution in [3.8, 4) is 5.75 Å². The van der Waals surface area contributed by atoms with Crippen LogP contribution in [0.4, 0.5) is 10.5 Å². The summed E-state index contributed by atoms with van der Waals surface area (Å²) in [4.78, 5) is 27.8. The lowest BCUT2D eigenvalue weighted by Crippen LogP contribution is -2.34. The quantitative estimate of drug-likeness (QED) is 0.815. The fourth-order valence-electron chi connectivity index (χ4n) is 2.72. The number of carbonyl (C=O) groups excluding carboxylic acids is 2. The Balaban J connectivity index is 1.83. The van der Waals surface area contributed by atoms with Crippen LogP contribution in [0.25, 0.3) is 0 Å². The second kappa shape index (κ2) is 6.12. The van der Waals surface area contributed by atoms with Gasteiger partial charge in [0.05, 0.1) is 18.8 Å². The average Bonchev–Trinajstić information content (AvgIpc) is 2.89. The molecule has 5 heteroatoms. The largest absolute Gasteiger partial charge is 0.497 e. The smallest absolute Gasteiger partial charge is 0.332 e. The molecule has 2 aromatic rings. The zero-order valence-electron chi connectivity index (χ0n) is 13.1. The van der Waals surface area contributed by atoms with E-state index in [1.165, 1.54) is 4.90 Å². The molecule has 1 saturated heterocycles. The summed E-state index contributed by atoms with van der Waals surface area (Å²) in [5, 5.41) is 0. The van der Waals surface area contributed by atoms with E-state index in [2.05, 4.69) is 0 Å². The molecule has 118 valence electrons. The first-order valence-electron chi connectivity index (χ1n) is 7.44. The number of carbonyl (C=O) groups is 2. The SMILES string of the molecule is COc1ccc(C(C)N2CC(=O)N(c3ccccc3)C2=O)cc1. The van der Waals surface area contributed by atoms with Crippen LogP contribution in [0.1, 0.15) is 18.5 Å². The number of benzene rings is 2. The van der Waals surface area contributed by atoms with Gasteiger partial charge < -0.3 is 9.64 Å². The molecular formula is C18H18N2O3. The van der Waals surface area contributed by atoms with Crippen molar-refractivity contribution in [2.24, 2.45) is 0 Å². The molecule has 0 spiro atoms. The van der Waals surface area contributed by atoms with Crippen LogP contribution in [0, 0.1) is 0 Å². The number of para-hydroxylation sites is 1. The molecule has 1 fully saturated rings. The van der Waals surface area contributed by atoms with Gasteiger partial charge in [0.1, 0.15) is 12.3 Å². The molecule has 0 radical (unpaired) electrons. The summed E-state index contributed by atoms with van der Waals surface area (Å²) in [6.07, 6.45) is 0. The predicted octanol–water partition coefficient (Wildman–Crippen LogP) is 3.23. The number of ether oxygens (including phenoxy) is 1. The summed E-state index contributed by atoms with van der Waals surface area (Å²) in [6, 6.07) is 16.0. The van der Waals surface area contributed by atoms with Crippen LogP contribution in [-0.4, -0.2) is 30.5 Å². The molecule has 1 aliphatic heterocycles. The lowest BCUT2D eigenvalue weighted by molar-refractivity contribution is -0.116. The minimum atomic E-state index is -0.287. The van der Waals surface area contributed by atoms with Gasteiger partial charge in [0, 0.05) is 0 Å². The van der Waals surface area contributed by atoms with Crippen LogP contribution >= 0.6 is 0 Å². The number of nitrogens with zero attached hydrogens (tertiary/aromatic N) is 2. The maximum Gasteiger partial charge on any atom is 0.332 e. The molecule has 0 bridgehead atoms. The molecule has 3 amide bonds. The third kappa shape index (κ3) is 2.77. The highest BCUT2D eigenvalue weighted by Gasteiger charge is 2.39. The normalized spacial score (nSPS) is 15.9. The highest BCUT2D eigenvalue weighted by atomic mass is 16.5. The first-order valence-corrected chi connectivity index (χ1v) is 7.44. The molecule has 2 aromatic carbocycles. The number of hydrogen-bond donors (Lipinski definition) is 0. The Kier molecular flexibility index (Phi) is 4.02. The van der Waals surface area contributed by atoms with E-state index < -0.39 is 0 Å². The Morgan fingerprint density at radius 1 is 1.00 bits per heavy atom. The maximum absolute atomic E-state index is 12.7. The van der Waals surface area contributed by atoms with Gasteiger partial charge in [-0.05, 0) is 36.8 Å². The van der Waals surface area contributed by atoms with Gasteiger partial charge in [-0.1, -0.05) is 30.3 Å². The molecule has 1 atom stereocenters. The molecule has 1 heterocycles. The Labute approximate surface area is 135 Å². The van der Waals surface area contributed by atoms with Gasteiger partial charge in [0.15, 0.2) is 0 Å². The number of rotatable bonds is 4. The summed E-state index contributed by atoms with van der Waals surface area (Å²) >= 11 is 0. The van der Waals surface area contributed by atoms with Crippen LogP contribution in [0.2, 0.25) is 0 Å². The van der Waals surface area contributed by atoms with E-state index >= 15 is 0 Å². The molecule has 23 heavy (non-hydrogen) atoms. The zero-order valence-corrected chi connectivity index (χ0v) is 13.1. The van der Waals surface area contributed by atoms with Gasteiger partial charge in [-0.2, -0.15) is 0 Å². The maximum atomic E-state index is 12.7. The van der Waals surface area contributed by atoms with Gasteiger partial charge in [-0.3, -0.25) is 4.79 Å². The van der Waals surface area contributed by atoms with Crippen LogP contribution < -0.4 is 9.64 Å². The minimum Gasteiger partial charge on any atom is -0.497 e. The molecule has 0 saturated carbocycles. The van der Waals surface area contributed by atoms with Gasteiger partial charge in [0.25, 0.3) is 5.91 Å². The molecule has 0 aliphatic carbocycles. The third-order valence-electron chi connectivity index (χ3n) is 4.07. The van der Waals surface area contributed by atoms with E-state index in [1.807, 2.05) is 49.4 Å². The van der Waals surface area contributed by atoms with Crippen molar-refractivity contribution in [3.63, 3.8) is 0 Å². The minimum absolute atomic E-state index is 0.0842. The number of amides is 3. The Hall–Kier alpha value is -2.82. The molecule has 5 nitrogen and oxygen atoms in total. The molecule has 1 aliphatic rings. The fourth-order valence-corrected chi connectivity index (χ4v) is 2.72. The highest BCUT2D eigenvalue weighted by Crippen LogP contribution is 2.29. The van der Waals surface area contributed by atoms with Crippen molar-refractivity contribution in [2.75, 3.05) is 18.6 Å². The number of methoxy groups -OCH3 is 1. The van der Waals surface area contributed by atoms with E-state index in [9.17, 15) is 9.59 Å². The van der Waals surface area contributed by atoms with E-state index in [1.54, 1.807) is 24.1 Å². The summed E-state index contributed by atoms with van der Waals surface area (Å²) < 4.78 is 5.14. The van der Waals surface area contributed by atoms with E-state index in [-0.39, 0.29) is 24.5 Å². The summed E-state index contributed by atoms with van der Waals surface area (Å²) in [5.41, 5.74) is 1.56. The van der Waals surface area contributed by atoms with Gasteiger partial charge in [-0.25, -0.2) is 9.69 Å². The summed E-state index contributed by atoms with van der Waals surface area (Å²) in [6.45, 7) is 2.00. The van der Waals surface area contributed by atoms with E-state index in [0.29, 0.717) is 5.69 Å². The topological polar surface area (TPSA) is 49.9 Å². The van der Waals surface area contributed by atoms with E-state index in [0.717, 1.165) is 11.3 Å². The number of hydrogen-bond acceptors (Lipinski definition) is 3. The Morgan fingerprint density at radius 3 is 2.26 bits per heavy atom. The second-order valence-corrected chi connectivity index (χ2v) is 5.42. The van der Waals surface area contributed by atoms with Crippen molar-refractivity contribution in [1.82, 2.24) is 4.90 Å². The fraction of sp³-hybridized carbons (Fsp3) is 0.222. The second-order valence-electron chi connectivity index (χ2n) is 5.42. The van der Waals surface area contributed by atoms with Crippen LogP contribution in [0.5, 0.6) is 5.75 Å². The van der Waals surface area contributed by atoms with Crippen LogP contribution in [0.15, 0.2) is 54.6 Å². The lowest BCUT2D eigenvalue weighted by atomic mass is 10.1. The molecule has 1 unspecified atom stereocenters. The van der Waals surface area contributed by atoms with Crippen molar-refractivity contribution in [1.29, 1.82) is 0 Å². The van der Waals surface area contributed by atoms with Crippen molar-refractivity contribution >= 4 is 17.6 Å². The van der Waals surface area contributed by atoms with Crippen molar-refractivity contribution in [2.45, 2.75) is 13.0 Å². The summed E-state index contributed by atoms with van der Waals surface area (Å²) in [7, 11) is 1.61. The number of urea groups is 1. The van der Waals surface area contributed by atoms with Gasteiger partial charge >= 0.3 is 6.03 Å². The number of anilines is 1. The average molecular weight is 310 g/mol. The van der Waals surface area contributed by atoms with Crippen LogP contribution in [0.3, 0.4) is 0 Å². The predicted molar refractivity (Wildman–Crippen MR) is 87.4 cm³/mol.